The van der Waals surface area contributed by atoms with Crippen LogP contribution < -0.4 is 15.4 Å². The molecular weight excluding hydrogens is 513 g/mol. The SMILES string of the molecule is O=C(NCC1CC2(CCNCC2)C(=O)O1)c1ccc(Br)c2c1OCCC2.O=C(O)C(F)(F)F. The lowest BCUT2D eigenvalue weighted by atomic mass is 9.76. The quantitative estimate of drug-likeness (QED) is 0.509. The van der Waals surface area contributed by atoms with Gasteiger partial charge in [0.15, 0.2) is 0 Å². The van der Waals surface area contributed by atoms with Gasteiger partial charge in [0.05, 0.1) is 24.1 Å². The number of esters is 1. The van der Waals surface area contributed by atoms with Gasteiger partial charge in [0.25, 0.3) is 5.91 Å². The summed E-state index contributed by atoms with van der Waals surface area (Å²) in [4.78, 5) is 33.9. The van der Waals surface area contributed by atoms with Gasteiger partial charge in [-0.2, -0.15) is 13.2 Å². The third-order valence-electron chi connectivity index (χ3n) is 5.88. The summed E-state index contributed by atoms with van der Waals surface area (Å²) in [5, 5.41) is 13.3. The van der Waals surface area contributed by atoms with Crippen LogP contribution in [0.2, 0.25) is 0 Å². The Bertz CT molecular complexity index is 918. The Kier molecular flexibility index (Phi) is 7.88. The number of rotatable bonds is 3. The molecule has 2 fully saturated rings. The number of alkyl halides is 3. The number of carbonyl (C=O) groups excluding carboxylic acids is 2. The number of aliphatic carboxylic acids is 1. The standard InChI is InChI=1S/C19H23BrN2O4.C2HF3O2/c20-15-4-3-14(16-13(15)2-1-9-25-16)17(23)22-11-12-10-19(18(24)26-12)5-7-21-8-6-19;3-2(4,5)1(6)7/h3-4,12,21H,1-2,5-11H2,(H,22,23);(H,6,7). The highest BCUT2D eigenvalue weighted by molar-refractivity contribution is 9.10. The van der Waals surface area contributed by atoms with Gasteiger partial charge in [-0.15, -0.1) is 0 Å². The number of cyclic esters (lactones) is 1. The molecule has 1 atom stereocenters. The summed E-state index contributed by atoms with van der Waals surface area (Å²) < 4.78 is 44.0. The first-order chi connectivity index (χ1) is 15.5. The number of piperidine rings is 1. The predicted octanol–water partition coefficient (Wildman–Crippen LogP) is 2.82. The van der Waals surface area contributed by atoms with Gasteiger partial charge in [0.1, 0.15) is 11.9 Å². The maximum absolute atomic E-state index is 12.7. The first-order valence-electron chi connectivity index (χ1n) is 10.5. The number of hydrogen-bond donors (Lipinski definition) is 3. The van der Waals surface area contributed by atoms with Crippen LogP contribution in [-0.4, -0.2) is 61.5 Å². The molecule has 0 bridgehead atoms. The molecule has 3 heterocycles. The second kappa shape index (κ2) is 10.3. The van der Waals surface area contributed by atoms with Gasteiger partial charge >= 0.3 is 18.1 Å². The predicted molar refractivity (Wildman–Crippen MR) is 113 cm³/mol. The molecule has 0 aromatic heterocycles. The van der Waals surface area contributed by atoms with Crippen LogP contribution in [0.25, 0.3) is 0 Å². The van der Waals surface area contributed by atoms with Crippen molar-refractivity contribution in [1.82, 2.24) is 10.6 Å². The number of carboxylic acids is 1. The van der Waals surface area contributed by atoms with Crippen molar-refractivity contribution in [2.45, 2.75) is 44.4 Å². The lowest BCUT2D eigenvalue weighted by Crippen LogP contribution is -2.39. The molecule has 4 rings (SSSR count). The van der Waals surface area contributed by atoms with Crippen LogP contribution in [0, 0.1) is 5.41 Å². The number of carboxylic acid groups (broad SMARTS) is 1. The monoisotopic (exact) mass is 536 g/mol. The summed E-state index contributed by atoms with van der Waals surface area (Å²) in [6.45, 7) is 2.65. The smallest absolute Gasteiger partial charge is 0.490 e. The second-order valence-electron chi connectivity index (χ2n) is 8.13. The zero-order valence-electron chi connectivity index (χ0n) is 17.6. The van der Waals surface area contributed by atoms with Gasteiger partial charge < -0.3 is 25.2 Å². The lowest BCUT2D eigenvalue weighted by molar-refractivity contribution is -0.192. The van der Waals surface area contributed by atoms with Crippen molar-refractivity contribution in [1.29, 1.82) is 0 Å². The normalized spacial score (nSPS) is 21.2. The number of fused-ring (bicyclic) bond motifs is 1. The first-order valence-corrected chi connectivity index (χ1v) is 11.3. The van der Waals surface area contributed by atoms with Crippen LogP contribution in [0.5, 0.6) is 5.75 Å². The molecule has 12 heteroatoms. The molecule has 1 aromatic rings. The van der Waals surface area contributed by atoms with E-state index in [4.69, 9.17) is 19.4 Å². The van der Waals surface area contributed by atoms with Crippen molar-refractivity contribution >= 4 is 33.8 Å². The van der Waals surface area contributed by atoms with E-state index in [0.717, 1.165) is 48.8 Å². The summed E-state index contributed by atoms with van der Waals surface area (Å²) in [6, 6.07) is 3.67. The molecule has 8 nitrogen and oxygen atoms in total. The molecule has 0 radical (unpaired) electrons. The Morgan fingerprint density at radius 3 is 2.58 bits per heavy atom. The zero-order valence-corrected chi connectivity index (χ0v) is 19.2. The zero-order chi connectivity index (χ0) is 24.2. The third kappa shape index (κ3) is 5.97. The summed E-state index contributed by atoms with van der Waals surface area (Å²) in [5.41, 5.74) is 1.23. The molecule has 1 amide bonds. The fourth-order valence-corrected chi connectivity index (χ4v) is 4.68. The summed E-state index contributed by atoms with van der Waals surface area (Å²) in [7, 11) is 0. The number of ether oxygens (including phenoxy) is 2. The number of benzene rings is 1. The minimum Gasteiger partial charge on any atom is -0.492 e. The Hall–Kier alpha value is -2.34. The van der Waals surface area contributed by atoms with E-state index in [0.29, 0.717) is 30.9 Å². The van der Waals surface area contributed by atoms with E-state index >= 15 is 0 Å². The second-order valence-corrected chi connectivity index (χ2v) is 8.98. The number of halogens is 4. The van der Waals surface area contributed by atoms with Crippen molar-refractivity contribution in [2.24, 2.45) is 5.41 Å². The van der Waals surface area contributed by atoms with Crippen LogP contribution in [0.4, 0.5) is 13.2 Å². The highest BCUT2D eigenvalue weighted by Gasteiger charge is 2.49. The number of carbonyl (C=O) groups is 3. The Morgan fingerprint density at radius 2 is 1.94 bits per heavy atom. The van der Waals surface area contributed by atoms with Crippen molar-refractivity contribution in [3.05, 3.63) is 27.7 Å². The van der Waals surface area contributed by atoms with Crippen LogP contribution in [0.3, 0.4) is 0 Å². The van der Waals surface area contributed by atoms with Gasteiger partial charge in [-0.1, -0.05) is 15.9 Å². The fourth-order valence-electron chi connectivity index (χ4n) is 4.17. The molecule has 33 heavy (non-hydrogen) atoms. The first kappa shape index (κ1) is 25.3. The topological polar surface area (TPSA) is 114 Å². The summed E-state index contributed by atoms with van der Waals surface area (Å²) in [6.07, 6.45) is -1.19. The minimum absolute atomic E-state index is 0.109. The fraction of sp³-hybridized carbons (Fsp3) is 0.571. The van der Waals surface area contributed by atoms with Crippen molar-refractivity contribution in [3.63, 3.8) is 0 Å². The number of hydrogen-bond acceptors (Lipinski definition) is 6. The van der Waals surface area contributed by atoms with Crippen molar-refractivity contribution in [3.8, 4) is 5.75 Å². The van der Waals surface area contributed by atoms with E-state index in [9.17, 15) is 22.8 Å². The molecule has 1 aromatic carbocycles. The van der Waals surface area contributed by atoms with Crippen LogP contribution in [0.1, 0.15) is 41.6 Å². The molecule has 2 saturated heterocycles. The van der Waals surface area contributed by atoms with Crippen molar-refractivity contribution in [2.75, 3.05) is 26.2 Å². The third-order valence-corrected chi connectivity index (χ3v) is 6.63. The molecule has 182 valence electrons. The largest absolute Gasteiger partial charge is 0.492 e. The number of nitrogens with one attached hydrogen (secondary N) is 2. The van der Waals surface area contributed by atoms with Crippen LogP contribution >= 0.6 is 15.9 Å². The van der Waals surface area contributed by atoms with E-state index in [1.807, 2.05) is 6.07 Å². The minimum atomic E-state index is -5.08. The van der Waals surface area contributed by atoms with Gasteiger partial charge in [-0.25, -0.2) is 4.79 Å². The maximum atomic E-state index is 12.7. The van der Waals surface area contributed by atoms with Gasteiger partial charge in [-0.05, 0) is 50.9 Å². The molecule has 1 spiro atoms. The highest BCUT2D eigenvalue weighted by atomic mass is 79.9. The molecule has 3 N–H and O–H groups in total. The molecular formula is C21H24BrF3N2O6. The summed E-state index contributed by atoms with van der Waals surface area (Å²) >= 11 is 3.53. The van der Waals surface area contributed by atoms with E-state index in [2.05, 4.69) is 26.6 Å². The highest BCUT2D eigenvalue weighted by Crippen LogP contribution is 2.41. The maximum Gasteiger partial charge on any atom is 0.490 e. The van der Waals surface area contributed by atoms with E-state index < -0.39 is 12.1 Å². The number of amides is 1. The van der Waals surface area contributed by atoms with Gasteiger partial charge in [-0.3, -0.25) is 9.59 Å². The average Bonchev–Trinajstić information content (AvgIpc) is 3.07. The molecule has 3 aliphatic heterocycles. The van der Waals surface area contributed by atoms with E-state index in [-0.39, 0.29) is 23.4 Å². The average molecular weight is 537 g/mol. The Labute approximate surface area is 196 Å². The molecule has 3 aliphatic rings. The molecule has 1 unspecified atom stereocenters. The Balaban J connectivity index is 0.000000383. The lowest BCUT2D eigenvalue weighted by Gasteiger charge is -2.29. The van der Waals surface area contributed by atoms with E-state index in [1.54, 1.807) is 6.07 Å². The van der Waals surface area contributed by atoms with Gasteiger partial charge in [0, 0.05) is 16.5 Å². The Morgan fingerprint density at radius 1 is 1.27 bits per heavy atom. The van der Waals surface area contributed by atoms with Crippen LogP contribution in [-0.2, 0) is 20.7 Å². The van der Waals surface area contributed by atoms with Gasteiger partial charge in [0.2, 0.25) is 0 Å². The van der Waals surface area contributed by atoms with Crippen LogP contribution in [0.15, 0.2) is 16.6 Å². The molecule has 0 aliphatic carbocycles. The molecule has 0 saturated carbocycles. The van der Waals surface area contributed by atoms with Crippen molar-refractivity contribution < 1.29 is 42.1 Å². The summed E-state index contributed by atoms with van der Waals surface area (Å²) in [5.74, 6) is -2.38. The van der Waals surface area contributed by atoms with E-state index in [1.165, 1.54) is 0 Å².